The number of nitrogens with one attached hydrogen (secondary N) is 1. The molecule has 21 heavy (non-hydrogen) atoms. The first-order valence-corrected chi connectivity index (χ1v) is 7.16. The highest BCUT2D eigenvalue weighted by Gasteiger charge is 2.14. The maximum atomic E-state index is 12.4. The molecule has 2 amide bonds. The van der Waals surface area contributed by atoms with Crippen LogP contribution in [0, 0.1) is 13.8 Å². The van der Waals surface area contributed by atoms with Gasteiger partial charge in [-0.25, -0.2) is 0 Å². The van der Waals surface area contributed by atoms with Gasteiger partial charge < -0.3 is 11.1 Å². The molecule has 3 N–H and O–H groups in total. The van der Waals surface area contributed by atoms with Crippen molar-refractivity contribution in [1.29, 1.82) is 0 Å². The summed E-state index contributed by atoms with van der Waals surface area (Å²) in [5.41, 5.74) is 8.47. The lowest BCUT2D eigenvalue weighted by atomic mass is 10.1. The Morgan fingerprint density at radius 3 is 2.48 bits per heavy atom. The van der Waals surface area contributed by atoms with E-state index in [4.69, 9.17) is 5.73 Å². The van der Waals surface area contributed by atoms with Gasteiger partial charge in [-0.05, 0) is 59.6 Å². The third-order valence-electron chi connectivity index (χ3n) is 3.21. The largest absolute Gasteiger partial charge is 0.366 e. The Hall–Kier alpha value is -2.14. The van der Waals surface area contributed by atoms with Gasteiger partial charge in [-0.15, -0.1) is 0 Å². The molecule has 0 heterocycles. The Morgan fingerprint density at radius 1 is 1.10 bits per heavy atom. The van der Waals surface area contributed by atoms with Crippen LogP contribution in [0.2, 0.25) is 0 Å². The van der Waals surface area contributed by atoms with Gasteiger partial charge in [0.1, 0.15) is 0 Å². The molecule has 108 valence electrons. The van der Waals surface area contributed by atoms with Crippen molar-refractivity contribution in [3.8, 4) is 0 Å². The third kappa shape index (κ3) is 3.31. The summed E-state index contributed by atoms with van der Waals surface area (Å²) >= 11 is 3.37. The van der Waals surface area contributed by atoms with Crippen LogP contribution in [0.5, 0.6) is 0 Å². The first-order valence-electron chi connectivity index (χ1n) is 6.37. The maximum Gasteiger partial charge on any atom is 0.256 e. The zero-order valence-electron chi connectivity index (χ0n) is 11.7. The Balaban J connectivity index is 2.34. The number of benzene rings is 2. The van der Waals surface area contributed by atoms with Gasteiger partial charge >= 0.3 is 0 Å². The molecular weight excluding hydrogens is 332 g/mol. The van der Waals surface area contributed by atoms with E-state index in [1.165, 1.54) is 0 Å². The average molecular weight is 347 g/mol. The summed E-state index contributed by atoms with van der Waals surface area (Å²) in [7, 11) is 0. The second-order valence-electron chi connectivity index (χ2n) is 4.78. The first kappa shape index (κ1) is 15.3. The van der Waals surface area contributed by atoms with Crippen LogP contribution >= 0.6 is 15.9 Å². The minimum absolute atomic E-state index is 0.240. The van der Waals surface area contributed by atoms with Crippen LogP contribution in [0.4, 0.5) is 5.69 Å². The predicted molar refractivity (Wildman–Crippen MR) is 86.5 cm³/mol. The van der Waals surface area contributed by atoms with Crippen LogP contribution < -0.4 is 11.1 Å². The summed E-state index contributed by atoms with van der Waals surface area (Å²) in [5.74, 6) is -0.754. The fourth-order valence-electron chi connectivity index (χ4n) is 2.04. The number of rotatable bonds is 3. The Kier molecular flexibility index (Phi) is 4.43. The van der Waals surface area contributed by atoms with Crippen LogP contribution in [0.1, 0.15) is 31.8 Å². The number of halogens is 1. The van der Waals surface area contributed by atoms with Gasteiger partial charge in [0.2, 0.25) is 5.91 Å². The van der Waals surface area contributed by atoms with Crippen molar-refractivity contribution >= 4 is 33.4 Å². The highest BCUT2D eigenvalue weighted by Crippen LogP contribution is 2.22. The molecule has 0 radical (unpaired) electrons. The summed E-state index contributed by atoms with van der Waals surface area (Å²) in [6.45, 7) is 3.67. The summed E-state index contributed by atoms with van der Waals surface area (Å²) in [6, 6.07) is 10.6. The number of hydrogen-bond acceptors (Lipinski definition) is 2. The molecule has 0 aliphatic rings. The van der Waals surface area contributed by atoms with E-state index in [0.717, 1.165) is 5.56 Å². The lowest BCUT2D eigenvalue weighted by Crippen LogP contribution is -2.17. The first-order chi connectivity index (χ1) is 9.90. The van der Waals surface area contributed by atoms with Crippen LogP contribution in [0.3, 0.4) is 0 Å². The number of anilines is 1. The van der Waals surface area contributed by atoms with Crippen molar-refractivity contribution in [3.63, 3.8) is 0 Å². The Morgan fingerprint density at radius 2 is 1.81 bits per heavy atom. The number of primary amides is 1. The highest BCUT2D eigenvalue weighted by molar-refractivity contribution is 9.10. The lowest BCUT2D eigenvalue weighted by Gasteiger charge is -2.12. The number of carbonyl (C=O) groups is 2. The van der Waals surface area contributed by atoms with Crippen LogP contribution in [0.15, 0.2) is 40.9 Å². The molecule has 2 aromatic carbocycles. The molecule has 0 saturated carbocycles. The topological polar surface area (TPSA) is 72.2 Å². The standard InChI is InChI=1S/C16H15BrN2O2/c1-9-6-7-13(17)12(8-9)16(21)19-14-5-3-4-11(10(14)2)15(18)20/h3-8H,1-2H3,(H2,18,20)(H,19,21). The molecule has 0 atom stereocenters. The number of hydrogen-bond donors (Lipinski definition) is 2. The maximum absolute atomic E-state index is 12.4. The zero-order valence-corrected chi connectivity index (χ0v) is 13.3. The Labute approximate surface area is 131 Å². The third-order valence-corrected chi connectivity index (χ3v) is 3.91. The molecule has 5 heteroatoms. The van der Waals surface area contributed by atoms with Crippen LogP contribution in [-0.4, -0.2) is 11.8 Å². The molecule has 0 aliphatic carbocycles. The number of aryl methyl sites for hydroxylation is 1. The molecule has 0 fully saturated rings. The number of nitrogens with two attached hydrogens (primary N) is 1. The fourth-order valence-corrected chi connectivity index (χ4v) is 2.47. The summed E-state index contributed by atoms with van der Waals surface area (Å²) in [5, 5.41) is 2.81. The SMILES string of the molecule is Cc1ccc(Br)c(C(=O)Nc2cccc(C(N)=O)c2C)c1. The van der Waals surface area contributed by atoms with E-state index in [9.17, 15) is 9.59 Å². The highest BCUT2D eigenvalue weighted by atomic mass is 79.9. The van der Waals surface area contributed by atoms with Gasteiger partial charge in [-0.3, -0.25) is 9.59 Å². The van der Waals surface area contributed by atoms with E-state index in [1.54, 1.807) is 31.2 Å². The molecule has 0 saturated heterocycles. The van der Waals surface area contributed by atoms with E-state index in [1.807, 2.05) is 19.1 Å². The minimum Gasteiger partial charge on any atom is -0.366 e. The summed E-state index contributed by atoms with van der Waals surface area (Å²) < 4.78 is 0.717. The smallest absolute Gasteiger partial charge is 0.256 e. The summed E-state index contributed by atoms with van der Waals surface area (Å²) in [6.07, 6.45) is 0. The predicted octanol–water partition coefficient (Wildman–Crippen LogP) is 3.42. The van der Waals surface area contributed by atoms with E-state index >= 15 is 0 Å². The van der Waals surface area contributed by atoms with E-state index in [-0.39, 0.29) is 5.91 Å². The van der Waals surface area contributed by atoms with Crippen molar-refractivity contribution in [3.05, 3.63) is 63.1 Å². The van der Waals surface area contributed by atoms with Crippen molar-refractivity contribution < 1.29 is 9.59 Å². The van der Waals surface area contributed by atoms with Crippen molar-refractivity contribution in [1.82, 2.24) is 0 Å². The molecule has 2 rings (SSSR count). The second-order valence-corrected chi connectivity index (χ2v) is 5.63. The van der Waals surface area contributed by atoms with Crippen molar-refractivity contribution in [2.24, 2.45) is 5.73 Å². The molecule has 0 aromatic heterocycles. The molecule has 0 aliphatic heterocycles. The zero-order chi connectivity index (χ0) is 15.6. The van der Waals surface area contributed by atoms with Gasteiger partial charge in [0.05, 0.1) is 5.56 Å². The van der Waals surface area contributed by atoms with Gasteiger partial charge in [-0.1, -0.05) is 17.7 Å². The van der Waals surface area contributed by atoms with Crippen LogP contribution in [0.25, 0.3) is 0 Å². The quantitative estimate of drug-likeness (QED) is 0.893. The van der Waals surface area contributed by atoms with Crippen LogP contribution in [-0.2, 0) is 0 Å². The van der Waals surface area contributed by atoms with Gasteiger partial charge in [-0.2, -0.15) is 0 Å². The second kappa shape index (κ2) is 6.10. The average Bonchev–Trinajstić information content (AvgIpc) is 2.43. The van der Waals surface area contributed by atoms with E-state index in [0.29, 0.717) is 26.9 Å². The lowest BCUT2D eigenvalue weighted by molar-refractivity contribution is 0.0995. The Bertz CT molecular complexity index is 726. The van der Waals surface area contributed by atoms with E-state index in [2.05, 4.69) is 21.2 Å². The van der Waals surface area contributed by atoms with Gasteiger partial charge in [0.25, 0.3) is 5.91 Å². The molecular formula is C16H15BrN2O2. The van der Waals surface area contributed by atoms with Crippen molar-refractivity contribution in [2.45, 2.75) is 13.8 Å². The number of carbonyl (C=O) groups excluding carboxylic acids is 2. The molecule has 0 spiro atoms. The normalized spacial score (nSPS) is 10.2. The van der Waals surface area contributed by atoms with Crippen molar-refractivity contribution in [2.75, 3.05) is 5.32 Å². The number of amides is 2. The minimum atomic E-state index is -0.514. The monoisotopic (exact) mass is 346 g/mol. The van der Waals surface area contributed by atoms with Gasteiger partial charge in [0.15, 0.2) is 0 Å². The van der Waals surface area contributed by atoms with E-state index < -0.39 is 5.91 Å². The molecule has 0 unspecified atom stereocenters. The molecule has 4 nitrogen and oxygen atoms in total. The molecule has 2 aromatic rings. The summed E-state index contributed by atoms with van der Waals surface area (Å²) in [4.78, 5) is 23.7. The van der Waals surface area contributed by atoms with Gasteiger partial charge in [0, 0.05) is 15.7 Å². The molecule has 0 bridgehead atoms. The fraction of sp³-hybridized carbons (Fsp3) is 0.125.